The Labute approximate surface area is 145 Å². The summed E-state index contributed by atoms with van der Waals surface area (Å²) in [5.74, 6) is -0.163. The number of halogens is 1. The molecule has 7 heteroatoms. The van der Waals surface area contributed by atoms with E-state index in [9.17, 15) is 9.90 Å². The van der Waals surface area contributed by atoms with Crippen LogP contribution in [0.15, 0.2) is 18.2 Å². The van der Waals surface area contributed by atoms with Crippen LogP contribution in [0.2, 0.25) is 5.02 Å². The van der Waals surface area contributed by atoms with Crippen molar-refractivity contribution in [2.24, 2.45) is 11.3 Å². The van der Waals surface area contributed by atoms with Gasteiger partial charge in [-0.25, -0.2) is 4.79 Å². The molecule has 0 unspecified atom stereocenters. The van der Waals surface area contributed by atoms with Crippen molar-refractivity contribution in [3.05, 3.63) is 28.8 Å². The lowest BCUT2D eigenvalue weighted by Gasteiger charge is -2.36. The third-order valence-corrected chi connectivity index (χ3v) is 5.26. The number of carboxylic acid groups (broad SMARTS) is 1. The fraction of sp³-hybridized carbons (Fsp3) is 0.588. The first-order valence-electron chi connectivity index (χ1n) is 8.06. The highest BCUT2D eigenvalue weighted by Gasteiger charge is 2.47. The van der Waals surface area contributed by atoms with Gasteiger partial charge in [0.1, 0.15) is 5.75 Å². The van der Waals surface area contributed by atoms with E-state index in [-0.39, 0.29) is 18.6 Å². The molecule has 6 nitrogen and oxygen atoms in total. The van der Waals surface area contributed by atoms with E-state index in [1.54, 1.807) is 12.1 Å². The van der Waals surface area contributed by atoms with Crippen LogP contribution in [0.1, 0.15) is 12.0 Å². The lowest BCUT2D eigenvalue weighted by molar-refractivity contribution is -0.139. The summed E-state index contributed by atoms with van der Waals surface area (Å²) in [6.07, 6.45) is 0.864. The molecule has 2 heterocycles. The zero-order valence-corrected chi connectivity index (χ0v) is 14.2. The maximum Gasteiger partial charge on any atom is 0.341 e. The Morgan fingerprint density at radius 3 is 3.04 bits per heavy atom. The maximum absolute atomic E-state index is 10.7. The van der Waals surface area contributed by atoms with Crippen molar-refractivity contribution in [2.75, 3.05) is 39.5 Å². The summed E-state index contributed by atoms with van der Waals surface area (Å²) >= 11 is 6.09. The molecular formula is C17H22ClNO5. The molecule has 3 rings (SSSR count). The number of hydrogen-bond donors (Lipinski definition) is 2. The van der Waals surface area contributed by atoms with Crippen molar-refractivity contribution in [2.45, 2.75) is 13.0 Å². The standard InChI is InChI=1S/C17H22ClNO5/c18-14-1-2-15(24-9-16(21)22)12(5-14)6-19-7-13-8-23-4-3-17(13,10-19)11-20/h1-2,5,13,20H,3-4,6-11H2,(H,21,22)/t13-,17-/m1/s1. The molecule has 132 valence electrons. The van der Waals surface area contributed by atoms with Gasteiger partial charge in [-0.05, 0) is 24.6 Å². The SMILES string of the molecule is O=C(O)COc1ccc(Cl)cc1CN1C[C@@H]2COCC[C@]2(CO)C1. The molecule has 0 spiro atoms. The van der Waals surface area contributed by atoms with Gasteiger partial charge in [0.2, 0.25) is 0 Å². The smallest absolute Gasteiger partial charge is 0.341 e. The van der Waals surface area contributed by atoms with Gasteiger partial charge in [-0.15, -0.1) is 0 Å². The van der Waals surface area contributed by atoms with Crippen LogP contribution in [0.25, 0.3) is 0 Å². The summed E-state index contributed by atoms with van der Waals surface area (Å²) < 4.78 is 10.9. The van der Waals surface area contributed by atoms with Crippen molar-refractivity contribution < 1.29 is 24.5 Å². The summed E-state index contributed by atoms with van der Waals surface area (Å²) in [7, 11) is 0. The highest BCUT2D eigenvalue weighted by Crippen LogP contribution is 2.42. The fourth-order valence-corrected chi connectivity index (χ4v) is 3.92. The second-order valence-electron chi connectivity index (χ2n) is 6.65. The van der Waals surface area contributed by atoms with Crippen LogP contribution < -0.4 is 4.74 Å². The monoisotopic (exact) mass is 355 g/mol. The maximum atomic E-state index is 10.7. The number of carboxylic acids is 1. The van der Waals surface area contributed by atoms with E-state index >= 15 is 0 Å². The average molecular weight is 356 g/mol. The average Bonchev–Trinajstić information content (AvgIpc) is 2.92. The highest BCUT2D eigenvalue weighted by atomic mass is 35.5. The number of aliphatic hydroxyl groups is 1. The fourth-order valence-electron chi connectivity index (χ4n) is 3.73. The molecule has 0 saturated carbocycles. The Hall–Kier alpha value is -1.34. The molecule has 0 bridgehead atoms. The minimum Gasteiger partial charge on any atom is -0.482 e. The topological polar surface area (TPSA) is 79.2 Å². The number of aliphatic carboxylic acids is 1. The first kappa shape index (κ1) is 17.5. The molecule has 2 aliphatic rings. The molecule has 1 aromatic rings. The zero-order valence-electron chi connectivity index (χ0n) is 13.4. The number of likely N-dealkylation sites (tertiary alicyclic amines) is 1. The van der Waals surface area contributed by atoms with Crippen LogP contribution in [0.5, 0.6) is 5.75 Å². The molecule has 0 aromatic heterocycles. The predicted molar refractivity (Wildman–Crippen MR) is 88.3 cm³/mol. The van der Waals surface area contributed by atoms with E-state index < -0.39 is 5.97 Å². The summed E-state index contributed by atoms with van der Waals surface area (Å²) in [5, 5.41) is 19.3. The summed E-state index contributed by atoms with van der Waals surface area (Å²) in [6.45, 7) is 3.38. The minimum absolute atomic E-state index is 0.0983. The van der Waals surface area contributed by atoms with E-state index in [0.29, 0.717) is 36.4 Å². The molecule has 24 heavy (non-hydrogen) atoms. The van der Waals surface area contributed by atoms with E-state index in [2.05, 4.69) is 4.90 Å². The Morgan fingerprint density at radius 1 is 1.50 bits per heavy atom. The first-order chi connectivity index (χ1) is 11.5. The highest BCUT2D eigenvalue weighted by molar-refractivity contribution is 6.30. The van der Waals surface area contributed by atoms with Gasteiger partial charge < -0.3 is 19.7 Å². The predicted octanol–water partition coefficient (Wildman–Crippen LogP) is 1.63. The Kier molecular flexibility index (Phi) is 5.30. The zero-order chi connectivity index (χ0) is 17.2. The number of aliphatic hydroxyl groups excluding tert-OH is 1. The van der Waals surface area contributed by atoms with Crippen LogP contribution >= 0.6 is 11.6 Å². The molecule has 2 fully saturated rings. The van der Waals surface area contributed by atoms with Crippen molar-refractivity contribution in [3.8, 4) is 5.75 Å². The van der Waals surface area contributed by atoms with Gasteiger partial charge in [-0.1, -0.05) is 11.6 Å². The summed E-state index contributed by atoms with van der Waals surface area (Å²) in [4.78, 5) is 13.0. The van der Waals surface area contributed by atoms with Crippen molar-refractivity contribution in [3.63, 3.8) is 0 Å². The Bertz CT molecular complexity index is 611. The van der Waals surface area contributed by atoms with Gasteiger partial charge in [0.15, 0.2) is 6.61 Å². The van der Waals surface area contributed by atoms with E-state index in [1.807, 2.05) is 6.07 Å². The molecule has 2 saturated heterocycles. The molecule has 2 aliphatic heterocycles. The van der Waals surface area contributed by atoms with E-state index in [1.165, 1.54) is 0 Å². The number of rotatable bonds is 6. The number of carbonyl (C=O) groups is 1. The molecular weight excluding hydrogens is 334 g/mol. The van der Waals surface area contributed by atoms with E-state index in [0.717, 1.165) is 25.1 Å². The summed E-state index contributed by atoms with van der Waals surface area (Å²) in [6, 6.07) is 5.20. The summed E-state index contributed by atoms with van der Waals surface area (Å²) in [5.41, 5.74) is 0.759. The Balaban J connectivity index is 1.74. The van der Waals surface area contributed by atoms with Crippen LogP contribution in [0, 0.1) is 11.3 Å². The van der Waals surface area contributed by atoms with Crippen LogP contribution in [0.3, 0.4) is 0 Å². The lowest BCUT2D eigenvalue weighted by atomic mass is 9.75. The van der Waals surface area contributed by atoms with Gasteiger partial charge in [0, 0.05) is 48.2 Å². The quantitative estimate of drug-likeness (QED) is 0.807. The third kappa shape index (κ3) is 3.67. The second-order valence-corrected chi connectivity index (χ2v) is 7.08. The van der Waals surface area contributed by atoms with Gasteiger partial charge in [-0.2, -0.15) is 0 Å². The number of hydrogen-bond acceptors (Lipinski definition) is 5. The number of fused-ring (bicyclic) bond motifs is 1. The van der Waals surface area contributed by atoms with Crippen molar-refractivity contribution in [1.29, 1.82) is 0 Å². The minimum atomic E-state index is -1.01. The van der Waals surface area contributed by atoms with Crippen LogP contribution in [0.4, 0.5) is 0 Å². The van der Waals surface area contributed by atoms with Crippen LogP contribution in [-0.4, -0.2) is 60.6 Å². The van der Waals surface area contributed by atoms with Gasteiger partial charge in [-0.3, -0.25) is 4.90 Å². The largest absolute Gasteiger partial charge is 0.482 e. The molecule has 0 amide bonds. The molecule has 2 N–H and O–H groups in total. The van der Waals surface area contributed by atoms with Crippen LogP contribution in [-0.2, 0) is 16.1 Å². The van der Waals surface area contributed by atoms with Crippen molar-refractivity contribution >= 4 is 17.6 Å². The third-order valence-electron chi connectivity index (χ3n) is 5.03. The first-order valence-corrected chi connectivity index (χ1v) is 8.44. The Morgan fingerprint density at radius 2 is 2.33 bits per heavy atom. The van der Waals surface area contributed by atoms with Gasteiger partial charge >= 0.3 is 5.97 Å². The van der Waals surface area contributed by atoms with Crippen molar-refractivity contribution in [1.82, 2.24) is 4.90 Å². The van der Waals surface area contributed by atoms with E-state index in [4.69, 9.17) is 26.2 Å². The normalized spacial score (nSPS) is 27.0. The molecule has 2 atom stereocenters. The molecule has 1 aromatic carbocycles. The lowest BCUT2D eigenvalue weighted by Crippen LogP contribution is -2.41. The number of benzene rings is 1. The molecule has 0 aliphatic carbocycles. The molecule has 0 radical (unpaired) electrons. The number of ether oxygens (including phenoxy) is 2. The van der Waals surface area contributed by atoms with Gasteiger partial charge in [0.25, 0.3) is 0 Å². The number of nitrogens with zero attached hydrogens (tertiary/aromatic N) is 1. The van der Waals surface area contributed by atoms with Gasteiger partial charge in [0.05, 0.1) is 13.2 Å². The second kappa shape index (κ2) is 7.27.